The molecule has 0 bridgehead atoms. The van der Waals surface area contributed by atoms with Gasteiger partial charge >= 0.3 is 6.09 Å². The minimum Gasteiger partial charge on any atom is -0.465 e. The summed E-state index contributed by atoms with van der Waals surface area (Å²) in [7, 11) is -2.84. The second kappa shape index (κ2) is 16.4. The minimum atomic E-state index is -4.51. The van der Waals surface area contributed by atoms with E-state index in [1.807, 2.05) is 0 Å². The Hall–Kier alpha value is -3.47. The third-order valence-corrected chi connectivity index (χ3v) is 4.91. The highest BCUT2D eigenvalue weighted by atomic mass is 16.5. The van der Waals surface area contributed by atoms with Gasteiger partial charge in [-0.2, -0.15) is 0 Å². The standard InChI is InChI=1S/C19H28N2O4.C14H20N2O2/c1-19(2,3)16-14(12-25-4)15(10-11-21(16)18(23)24)20-17(22)13-8-6-5-7-9-13;1-18-10-12-9-15-8-7-13(12)16-14(17)11-5-3-2-4-6-11/h5-9,14-16H,10-12H2,1-4H3,(H,20,22)(H,23,24);2-6,12-13,15H,7-10H2,1H3,(H,16,17)/i5D,6D,7D,8D,9D,10D2,11D2,14D,15D,16D;1D3,2D,3D,4D,5D,6D,7D2,8D2,9D2,10D2,12D,13D/hD4. The van der Waals surface area contributed by atoms with Crippen LogP contribution in [0.4, 0.5) is 4.79 Å². The summed E-state index contributed by atoms with van der Waals surface area (Å²) in [6, 6.07) is -22.4. The third kappa shape index (κ3) is 9.77. The number of nitrogens with zero attached hydrogens (tertiary/aromatic N) is 1. The van der Waals surface area contributed by atoms with Crippen molar-refractivity contribution in [2.24, 2.45) is 17.2 Å². The zero-order valence-corrected chi connectivity index (χ0v) is 22.9. The highest BCUT2D eigenvalue weighted by Crippen LogP contribution is 2.36. The monoisotopic (exact) mass is 631 g/mol. The second-order valence-corrected chi connectivity index (χ2v) is 8.92. The maximum atomic E-state index is 13.6. The van der Waals surface area contributed by atoms with Gasteiger partial charge in [-0.05, 0) is 48.8 Å². The molecule has 4 rings (SSSR count). The van der Waals surface area contributed by atoms with E-state index in [4.69, 9.17) is 47.4 Å². The zero-order valence-electron chi connectivity index (χ0n) is 56.9. The molecule has 236 valence electrons. The molecule has 0 aromatic heterocycles. The third-order valence-electron chi connectivity index (χ3n) is 4.91. The molecule has 5 unspecified atom stereocenters. The number of carbonyl (C=O) groups is 3. The van der Waals surface area contributed by atoms with Crippen LogP contribution in [0.3, 0.4) is 0 Å². The van der Waals surface area contributed by atoms with Gasteiger partial charge in [-0.25, -0.2) is 4.79 Å². The average molecular weight is 631 g/mol. The molecule has 4 N–H and O–H groups in total. The molecule has 43 heavy (non-hydrogen) atoms. The van der Waals surface area contributed by atoms with Crippen LogP contribution < -0.4 is 15.9 Å². The number of carboxylic acid groups (broad SMARTS) is 1. The van der Waals surface area contributed by atoms with Gasteiger partial charge in [0.05, 0.1) is 37.8 Å². The summed E-state index contributed by atoms with van der Waals surface area (Å²) in [5.74, 6) is -11.8. The van der Waals surface area contributed by atoms with Gasteiger partial charge in [0.1, 0.15) is 1.41 Å². The number of nitrogens with one attached hydrogen (secondary N) is 3. The smallest absolute Gasteiger partial charge is 0.407 e. The van der Waals surface area contributed by atoms with E-state index >= 15 is 0 Å². The van der Waals surface area contributed by atoms with Crippen LogP contribution in [0.1, 0.15) is 95.4 Å². The van der Waals surface area contributed by atoms with E-state index in [2.05, 4.69) is 9.85 Å². The van der Waals surface area contributed by atoms with E-state index in [-0.39, 0.29) is 4.90 Å². The lowest BCUT2D eigenvalue weighted by molar-refractivity contribution is -0.0216. The number of amides is 3. The van der Waals surface area contributed by atoms with Crippen molar-refractivity contribution in [1.82, 2.24) is 20.8 Å². The Balaban J connectivity index is 0.000000405. The Morgan fingerprint density at radius 3 is 2.26 bits per heavy atom. The Kier molecular flexibility index (Phi) is 3.92. The van der Waals surface area contributed by atoms with Crippen molar-refractivity contribution in [3.05, 3.63) is 71.6 Å². The van der Waals surface area contributed by atoms with Crippen molar-refractivity contribution in [3.8, 4) is 0 Å². The summed E-state index contributed by atoms with van der Waals surface area (Å²) < 4.78 is 285. The van der Waals surface area contributed by atoms with Gasteiger partial charge in [0.15, 0.2) is 2.82 Å². The molecule has 0 radical (unpaired) electrons. The first kappa shape index (κ1) is 10.3. The van der Waals surface area contributed by atoms with E-state index < -0.39 is 193 Å². The molecule has 2 fully saturated rings. The van der Waals surface area contributed by atoms with E-state index in [0.29, 0.717) is 0 Å². The molecular weight excluding hydrogens is 548 g/mol. The van der Waals surface area contributed by atoms with Crippen LogP contribution in [-0.2, 0) is 9.47 Å². The summed E-state index contributed by atoms with van der Waals surface area (Å²) in [4.78, 5) is 39.4. The Morgan fingerprint density at radius 2 is 1.72 bits per heavy atom. The SMILES string of the molecule is [2H]OC(=O)N1C([2H])([2H])C([2H])([2H])C([2H])(N([2H])C(=O)c2c([2H])c([2H])c([2H])c([2H])c2[2H])C([2H])(COC)C1([2H])C(C)(C)C.[2H]c1c([2H])c([2H])c(C(=O)N([2H])C2([2H])C([2H])([2H])C([2H])([2H])N([2H])C([2H])([2H])C2([2H])C([2H])([2H])OC([2H])([2H])[2H])c([2H])c1[2H]. The largest absolute Gasteiger partial charge is 0.465 e. The Morgan fingerprint density at radius 1 is 1.12 bits per heavy atom. The van der Waals surface area contributed by atoms with Crippen LogP contribution in [0.2, 0.25) is 4.24 Å². The first-order valence-electron chi connectivity index (χ1n) is 28.5. The Labute approximate surface area is 303 Å². The number of carbonyl (C=O) groups excluding carboxylic acids is 2. The van der Waals surface area contributed by atoms with Gasteiger partial charge < -0.3 is 35.4 Å². The number of hydrogen-bond donors (Lipinski definition) is 4. The molecule has 5 atom stereocenters. The number of ether oxygens (including phenoxy) is 2. The zero-order chi connectivity index (χ0) is 61.3. The molecule has 2 aromatic carbocycles. The van der Waals surface area contributed by atoms with Gasteiger partial charge in [-0.3, -0.25) is 9.59 Å². The normalized spacial score (nSPS) is 50.7. The maximum absolute atomic E-state index is 13.6. The molecule has 2 saturated heterocycles. The number of hydrogen-bond acceptors (Lipinski definition) is 7. The van der Waals surface area contributed by atoms with E-state index in [1.54, 1.807) is 0 Å². The molecule has 10 nitrogen and oxygen atoms in total. The molecule has 2 heterocycles. The number of benzene rings is 2. The summed E-state index contributed by atoms with van der Waals surface area (Å²) in [6.07, 6.45) is -10.1. The van der Waals surface area contributed by atoms with E-state index in [0.717, 1.165) is 7.11 Å². The summed E-state index contributed by atoms with van der Waals surface area (Å²) >= 11 is 0. The van der Waals surface area contributed by atoms with Crippen LogP contribution in [-0.4, -0.2) is 92.8 Å². The lowest BCUT2D eigenvalue weighted by Crippen LogP contribution is -2.62. The fourth-order valence-corrected chi connectivity index (χ4v) is 3.30. The van der Waals surface area contributed by atoms with Crippen LogP contribution in [0, 0.1) is 17.2 Å². The molecule has 0 spiro atoms. The van der Waals surface area contributed by atoms with Crippen LogP contribution in [0.5, 0.6) is 0 Å². The topological polar surface area (TPSA) is 129 Å². The molecule has 3 amide bonds. The van der Waals surface area contributed by atoms with Crippen molar-refractivity contribution >= 4 is 17.9 Å². The average Bonchev–Trinajstić information content (AvgIpc) is 3.29. The summed E-state index contributed by atoms with van der Waals surface area (Å²) in [5.41, 5.74) is -4.35. The predicted molar refractivity (Wildman–Crippen MR) is 166 cm³/mol. The van der Waals surface area contributed by atoms with E-state index in [1.165, 1.54) is 20.8 Å². The second-order valence-electron chi connectivity index (χ2n) is 8.92. The number of likely N-dealkylation sites (tertiary alicyclic amines) is 1. The summed E-state index contributed by atoms with van der Waals surface area (Å²) in [5, 5.41) is 1.43. The van der Waals surface area contributed by atoms with Crippen molar-refractivity contribution in [1.29, 1.82) is 1.43 Å². The molecule has 2 aliphatic heterocycles. The predicted octanol–water partition coefficient (Wildman–Crippen LogP) is 3.89. The van der Waals surface area contributed by atoms with Crippen molar-refractivity contribution in [2.45, 2.75) is 51.6 Å². The fraction of sp³-hybridized carbons (Fsp3) is 0.545. The maximum Gasteiger partial charge on any atom is 0.407 e. The molecule has 10 heteroatoms. The molecule has 2 aromatic rings. The molecule has 0 aliphatic carbocycles. The van der Waals surface area contributed by atoms with Crippen molar-refractivity contribution in [2.75, 3.05) is 46.8 Å². The van der Waals surface area contributed by atoms with Gasteiger partial charge in [-0.15, -0.1) is 0 Å². The molecular formula is C33H48N4O6. The van der Waals surface area contributed by atoms with E-state index in [9.17, 15) is 18.5 Å². The van der Waals surface area contributed by atoms with Gasteiger partial charge in [0.2, 0.25) is 0 Å². The number of rotatable bonds is 8. The Bertz CT molecular complexity index is 2650. The lowest BCUT2D eigenvalue weighted by atomic mass is 9.72. The van der Waals surface area contributed by atoms with Gasteiger partial charge in [0.25, 0.3) is 13.2 Å². The first-order valence-corrected chi connectivity index (χ1v) is 11.8. The van der Waals surface area contributed by atoms with Crippen LogP contribution >= 0.6 is 0 Å². The molecule has 0 saturated carbocycles. The quantitative estimate of drug-likeness (QED) is 0.348. The first-order chi connectivity index (χ1) is 34.0. The van der Waals surface area contributed by atoms with Crippen LogP contribution in [0.15, 0.2) is 60.4 Å². The highest BCUT2D eigenvalue weighted by Gasteiger charge is 2.46. The van der Waals surface area contributed by atoms with Crippen LogP contribution in [0.25, 0.3) is 1.43 Å². The van der Waals surface area contributed by atoms with Crippen molar-refractivity contribution in [3.63, 3.8) is 0 Å². The highest BCUT2D eigenvalue weighted by molar-refractivity contribution is 5.94. The van der Waals surface area contributed by atoms with Gasteiger partial charge in [-0.1, -0.05) is 57.0 Å². The van der Waals surface area contributed by atoms with Crippen molar-refractivity contribution < 1.29 is 74.3 Å². The lowest BCUT2D eigenvalue weighted by Gasteiger charge is -2.50. The number of methoxy groups -OCH3 is 2. The fourth-order valence-electron chi connectivity index (χ4n) is 3.30. The summed E-state index contributed by atoms with van der Waals surface area (Å²) in [6.45, 7) is -13.9. The van der Waals surface area contributed by atoms with Gasteiger partial charge in [0, 0.05) is 84.6 Å². The molecule has 2 aliphatic rings. The number of piperidine rings is 2. The minimum absolute atomic E-state index is 0.172.